The fourth-order valence-corrected chi connectivity index (χ4v) is 0.719. The highest BCUT2D eigenvalue weighted by molar-refractivity contribution is 7.87. The summed E-state index contributed by atoms with van der Waals surface area (Å²) in [5.74, 6) is 0. The quantitative estimate of drug-likeness (QED) is 0.600. The Morgan fingerprint density at radius 2 is 1.92 bits per heavy atom. The lowest BCUT2D eigenvalue weighted by molar-refractivity contribution is -0.323. The monoisotopic (exact) mass is 208 g/mol. The summed E-state index contributed by atoms with van der Waals surface area (Å²) in [7, 11) is -3.94. The smallest absolute Gasteiger partial charge is 0.291 e. The Balaban J connectivity index is 3.48. The molecule has 0 radical (unpaired) electrons. The molecule has 9 heteroatoms. The third kappa shape index (κ3) is 9.62. The van der Waals surface area contributed by atoms with Crippen LogP contribution in [0.5, 0.6) is 0 Å². The van der Waals surface area contributed by atoms with Crippen LogP contribution in [-0.4, -0.2) is 27.9 Å². The second-order valence-electron chi connectivity index (χ2n) is 1.73. The maximum Gasteiger partial charge on any atom is 0.522 e. The fourth-order valence-electron chi connectivity index (χ4n) is 0.351. The first-order valence-electron chi connectivity index (χ1n) is 2.69. The van der Waals surface area contributed by atoms with Crippen LogP contribution in [0.15, 0.2) is 0 Å². The van der Waals surface area contributed by atoms with Gasteiger partial charge in [-0.3, -0.25) is 4.74 Å². The number of halogens is 3. The molecule has 0 aromatic rings. The summed E-state index contributed by atoms with van der Waals surface area (Å²) in [6.45, 7) is -1.32. The molecule has 0 aromatic heterocycles. The largest absolute Gasteiger partial charge is 0.522 e. The van der Waals surface area contributed by atoms with E-state index in [2.05, 4.69) is 9.88 Å². The number of hydrogen-bond donors (Lipinski definition) is 2. The second kappa shape index (κ2) is 4.03. The molecule has 0 spiro atoms. The SMILES string of the molecule is NS(=O)(=O)NCCOC(F)(F)F. The molecule has 0 saturated carbocycles. The van der Waals surface area contributed by atoms with Crippen molar-refractivity contribution in [3.63, 3.8) is 0 Å². The maximum atomic E-state index is 11.2. The molecule has 0 aromatic carbocycles. The van der Waals surface area contributed by atoms with E-state index in [1.54, 1.807) is 4.72 Å². The first-order chi connectivity index (χ1) is 5.21. The van der Waals surface area contributed by atoms with E-state index in [1.165, 1.54) is 0 Å². The van der Waals surface area contributed by atoms with Crippen LogP contribution in [0.25, 0.3) is 0 Å². The van der Waals surface area contributed by atoms with Crippen LogP contribution in [0, 0.1) is 0 Å². The minimum absolute atomic E-state index is 0.516. The summed E-state index contributed by atoms with van der Waals surface area (Å²) in [5, 5.41) is 4.41. The lowest BCUT2D eigenvalue weighted by Gasteiger charge is -2.06. The molecular formula is C3H7F3N2O3S. The van der Waals surface area contributed by atoms with Crippen molar-refractivity contribution in [1.29, 1.82) is 0 Å². The van der Waals surface area contributed by atoms with Crippen LogP contribution in [0.3, 0.4) is 0 Å². The average molecular weight is 208 g/mol. The average Bonchev–Trinajstić information content (AvgIpc) is 1.76. The number of nitrogens with one attached hydrogen (secondary N) is 1. The summed E-state index contributed by atoms with van der Waals surface area (Å²) in [4.78, 5) is 0. The Hall–Kier alpha value is -0.380. The van der Waals surface area contributed by atoms with Crippen molar-refractivity contribution in [2.75, 3.05) is 13.2 Å². The van der Waals surface area contributed by atoms with Crippen LogP contribution in [0.4, 0.5) is 13.2 Å². The molecule has 0 unspecified atom stereocenters. The molecular weight excluding hydrogens is 201 g/mol. The predicted molar refractivity (Wildman–Crippen MR) is 33.1 cm³/mol. The summed E-state index contributed by atoms with van der Waals surface area (Å²) in [6.07, 6.45) is -4.75. The van der Waals surface area contributed by atoms with Crippen molar-refractivity contribution >= 4 is 10.2 Å². The Labute approximate surface area is 66.9 Å². The number of hydrogen-bond acceptors (Lipinski definition) is 3. The van der Waals surface area contributed by atoms with Crippen molar-refractivity contribution in [3.8, 4) is 0 Å². The first-order valence-corrected chi connectivity index (χ1v) is 4.23. The van der Waals surface area contributed by atoms with Gasteiger partial charge in [-0.25, -0.2) is 9.86 Å². The third-order valence-corrected chi connectivity index (χ3v) is 1.28. The van der Waals surface area contributed by atoms with Crippen LogP contribution in [-0.2, 0) is 14.9 Å². The van der Waals surface area contributed by atoms with E-state index >= 15 is 0 Å². The van der Waals surface area contributed by atoms with E-state index in [0.29, 0.717) is 0 Å². The lowest BCUT2D eigenvalue weighted by Crippen LogP contribution is -2.34. The van der Waals surface area contributed by atoms with Gasteiger partial charge >= 0.3 is 6.36 Å². The Kier molecular flexibility index (Phi) is 3.90. The Morgan fingerprint density at radius 3 is 2.25 bits per heavy atom. The van der Waals surface area contributed by atoms with Gasteiger partial charge in [0.15, 0.2) is 0 Å². The molecule has 0 aliphatic carbocycles. The molecule has 12 heavy (non-hydrogen) atoms. The zero-order valence-electron chi connectivity index (χ0n) is 5.76. The zero-order chi connectivity index (χ0) is 9.83. The van der Waals surface area contributed by atoms with E-state index in [-0.39, 0.29) is 0 Å². The van der Waals surface area contributed by atoms with Crippen molar-refractivity contribution < 1.29 is 26.3 Å². The highest BCUT2D eigenvalue weighted by Crippen LogP contribution is 2.14. The van der Waals surface area contributed by atoms with Gasteiger partial charge in [-0.1, -0.05) is 0 Å². The summed E-state index contributed by atoms with van der Waals surface area (Å²) >= 11 is 0. The Bertz CT molecular complexity index is 223. The lowest BCUT2D eigenvalue weighted by atomic mass is 10.7. The minimum Gasteiger partial charge on any atom is -0.291 e. The van der Waals surface area contributed by atoms with Crippen molar-refractivity contribution in [2.45, 2.75) is 6.36 Å². The zero-order valence-corrected chi connectivity index (χ0v) is 6.57. The fraction of sp³-hybridized carbons (Fsp3) is 1.00. The molecule has 0 aliphatic rings. The van der Waals surface area contributed by atoms with Gasteiger partial charge in [0.25, 0.3) is 10.2 Å². The summed E-state index contributed by atoms with van der Waals surface area (Å²) in [6, 6.07) is 0. The van der Waals surface area contributed by atoms with Gasteiger partial charge in [0.05, 0.1) is 6.61 Å². The maximum absolute atomic E-state index is 11.2. The summed E-state index contributed by atoms with van der Waals surface area (Å²) in [5.41, 5.74) is 0. The number of ether oxygens (including phenoxy) is 1. The van der Waals surface area contributed by atoms with Crippen LogP contribution in [0.1, 0.15) is 0 Å². The van der Waals surface area contributed by atoms with Crippen LogP contribution >= 0.6 is 0 Å². The Morgan fingerprint density at radius 1 is 1.42 bits per heavy atom. The third-order valence-electron chi connectivity index (χ3n) is 0.671. The first kappa shape index (κ1) is 11.6. The van der Waals surface area contributed by atoms with Gasteiger partial charge in [0.1, 0.15) is 0 Å². The molecule has 0 aliphatic heterocycles. The van der Waals surface area contributed by atoms with Crippen molar-refractivity contribution in [2.24, 2.45) is 5.14 Å². The predicted octanol–water partition coefficient (Wildman–Crippen LogP) is -0.684. The summed E-state index contributed by atoms with van der Waals surface area (Å²) < 4.78 is 58.8. The highest BCUT2D eigenvalue weighted by Gasteiger charge is 2.28. The molecule has 0 atom stereocenters. The molecule has 3 N–H and O–H groups in total. The molecule has 5 nitrogen and oxygen atoms in total. The molecule has 74 valence electrons. The van der Waals surface area contributed by atoms with Crippen molar-refractivity contribution in [1.82, 2.24) is 4.72 Å². The van der Waals surface area contributed by atoms with Gasteiger partial charge in [0, 0.05) is 6.54 Å². The van der Waals surface area contributed by atoms with E-state index in [4.69, 9.17) is 0 Å². The van der Waals surface area contributed by atoms with E-state index < -0.39 is 29.7 Å². The van der Waals surface area contributed by atoms with E-state index in [1.807, 2.05) is 0 Å². The molecule has 0 fully saturated rings. The van der Waals surface area contributed by atoms with Gasteiger partial charge in [0.2, 0.25) is 0 Å². The van der Waals surface area contributed by atoms with Gasteiger partial charge in [-0.15, -0.1) is 13.2 Å². The normalized spacial score (nSPS) is 13.3. The topological polar surface area (TPSA) is 81.4 Å². The molecule has 0 rings (SSSR count). The number of alkyl halides is 3. The van der Waals surface area contributed by atoms with Gasteiger partial charge in [-0.2, -0.15) is 8.42 Å². The number of rotatable bonds is 4. The molecule has 0 amide bonds. The van der Waals surface area contributed by atoms with Gasteiger partial charge < -0.3 is 0 Å². The van der Waals surface area contributed by atoms with E-state index in [0.717, 1.165) is 0 Å². The standard InChI is InChI=1S/C3H7F3N2O3S/c4-3(5,6)11-2-1-8-12(7,9)10/h8H,1-2H2,(H2,7,9,10). The van der Waals surface area contributed by atoms with Crippen LogP contribution in [0.2, 0.25) is 0 Å². The van der Waals surface area contributed by atoms with E-state index in [9.17, 15) is 21.6 Å². The number of nitrogens with two attached hydrogens (primary N) is 1. The highest BCUT2D eigenvalue weighted by atomic mass is 32.2. The molecule has 0 bridgehead atoms. The molecule has 0 saturated heterocycles. The molecule has 0 heterocycles. The second-order valence-corrected chi connectivity index (χ2v) is 3.11. The van der Waals surface area contributed by atoms with Crippen LogP contribution < -0.4 is 9.86 Å². The van der Waals surface area contributed by atoms with Crippen molar-refractivity contribution in [3.05, 3.63) is 0 Å². The van der Waals surface area contributed by atoms with Gasteiger partial charge in [-0.05, 0) is 0 Å². The minimum atomic E-state index is -4.75.